The van der Waals surface area contributed by atoms with Gasteiger partial charge in [-0.05, 0) is 20.3 Å². The normalized spacial score (nSPS) is 24.0. The van der Waals surface area contributed by atoms with E-state index in [1.165, 1.54) is 11.3 Å². The van der Waals surface area contributed by atoms with Crippen molar-refractivity contribution >= 4 is 22.4 Å². The van der Waals surface area contributed by atoms with Gasteiger partial charge >= 0.3 is 0 Å². The highest BCUT2D eigenvalue weighted by molar-refractivity contribution is 7.17. The minimum absolute atomic E-state index is 0.0408. The first-order valence-electron chi connectivity index (χ1n) is 6.98. The predicted octanol–water partition coefficient (Wildman–Crippen LogP) is 1.90. The number of hydrogen-bond donors (Lipinski definition) is 2. The monoisotopic (exact) mass is 298 g/mol. The van der Waals surface area contributed by atoms with Gasteiger partial charge in [-0.2, -0.15) is 0 Å². The molecule has 2 N–H and O–H groups in total. The predicted molar refractivity (Wildman–Crippen MR) is 79.1 cm³/mol. The number of anilines is 1. The molecule has 0 aromatic carbocycles. The van der Waals surface area contributed by atoms with Gasteiger partial charge in [0, 0.05) is 24.6 Å². The van der Waals surface area contributed by atoms with Crippen LogP contribution in [0, 0.1) is 5.41 Å². The number of ether oxygens (including phenoxy) is 1. The van der Waals surface area contributed by atoms with Gasteiger partial charge in [0.05, 0.1) is 6.10 Å². The zero-order chi connectivity index (χ0) is 14.8. The van der Waals surface area contributed by atoms with Crippen LogP contribution in [-0.2, 0) is 4.74 Å². The average Bonchev–Trinajstić information content (AvgIpc) is 2.86. The summed E-state index contributed by atoms with van der Waals surface area (Å²) in [4.78, 5) is 12.1. The van der Waals surface area contributed by atoms with E-state index in [0.29, 0.717) is 16.7 Å². The summed E-state index contributed by atoms with van der Waals surface area (Å²) in [6, 6.07) is 0.123. The molecule has 6 nitrogen and oxygen atoms in total. The molecular weight excluding hydrogens is 276 g/mol. The lowest BCUT2D eigenvalue weighted by molar-refractivity contribution is -0.111. The highest BCUT2D eigenvalue weighted by atomic mass is 32.1. The zero-order valence-corrected chi connectivity index (χ0v) is 13.2. The van der Waals surface area contributed by atoms with Crippen LogP contribution in [0.5, 0.6) is 0 Å². The molecule has 2 unspecified atom stereocenters. The molecule has 1 fully saturated rings. The Kier molecular flexibility index (Phi) is 4.59. The standard InChI is InChI=1S/C13H22N4O2S/c1-5-14-12-17-16-11(20-12)10(18)15-8-7-9(19-6-2)13(8,3)4/h8-9H,5-7H2,1-4H3,(H,14,17)(H,15,18). The van der Waals surface area contributed by atoms with Gasteiger partial charge in [0.15, 0.2) is 0 Å². The summed E-state index contributed by atoms with van der Waals surface area (Å²) in [6.45, 7) is 9.68. The Morgan fingerprint density at radius 1 is 1.45 bits per heavy atom. The molecule has 0 spiro atoms. The van der Waals surface area contributed by atoms with Crippen molar-refractivity contribution in [1.82, 2.24) is 15.5 Å². The minimum atomic E-state index is -0.153. The van der Waals surface area contributed by atoms with Crippen molar-refractivity contribution in [3.05, 3.63) is 5.01 Å². The number of hydrogen-bond acceptors (Lipinski definition) is 6. The zero-order valence-electron chi connectivity index (χ0n) is 12.4. The molecule has 1 aromatic rings. The first-order chi connectivity index (χ1) is 9.48. The summed E-state index contributed by atoms with van der Waals surface area (Å²) in [5, 5.41) is 15.0. The third-order valence-electron chi connectivity index (χ3n) is 3.80. The summed E-state index contributed by atoms with van der Waals surface area (Å²) in [6.07, 6.45) is 1.07. The smallest absolute Gasteiger partial charge is 0.282 e. The quantitative estimate of drug-likeness (QED) is 0.839. The fourth-order valence-corrected chi connectivity index (χ4v) is 3.09. The fraction of sp³-hybridized carbons (Fsp3) is 0.769. The van der Waals surface area contributed by atoms with E-state index < -0.39 is 0 Å². The van der Waals surface area contributed by atoms with E-state index in [2.05, 4.69) is 34.7 Å². The maximum Gasteiger partial charge on any atom is 0.282 e. The van der Waals surface area contributed by atoms with Gasteiger partial charge in [-0.3, -0.25) is 4.79 Å². The van der Waals surface area contributed by atoms with Crippen LogP contribution in [0.15, 0.2) is 0 Å². The lowest BCUT2D eigenvalue weighted by Crippen LogP contribution is -2.62. The van der Waals surface area contributed by atoms with Crippen LogP contribution in [0.3, 0.4) is 0 Å². The Bertz CT molecular complexity index is 475. The van der Waals surface area contributed by atoms with E-state index >= 15 is 0 Å². The molecule has 2 atom stereocenters. The second-order valence-corrected chi connectivity index (χ2v) is 6.45. The molecule has 112 valence electrons. The van der Waals surface area contributed by atoms with Gasteiger partial charge in [-0.15, -0.1) is 10.2 Å². The Labute approximate surface area is 123 Å². The summed E-state index contributed by atoms with van der Waals surface area (Å²) in [7, 11) is 0. The SMILES string of the molecule is CCNc1nnc(C(=O)NC2CC(OCC)C2(C)C)s1. The number of carbonyl (C=O) groups excluding carboxylic acids is 1. The molecule has 0 saturated heterocycles. The van der Waals surface area contributed by atoms with Gasteiger partial charge in [0.2, 0.25) is 10.1 Å². The fourth-order valence-electron chi connectivity index (χ4n) is 2.37. The van der Waals surface area contributed by atoms with E-state index in [4.69, 9.17) is 4.74 Å². The summed E-state index contributed by atoms with van der Waals surface area (Å²) >= 11 is 1.28. The number of carbonyl (C=O) groups is 1. The lowest BCUT2D eigenvalue weighted by Gasteiger charge is -2.51. The van der Waals surface area contributed by atoms with Crippen LogP contribution >= 0.6 is 11.3 Å². The Morgan fingerprint density at radius 2 is 2.20 bits per heavy atom. The minimum Gasteiger partial charge on any atom is -0.378 e. The Hall–Kier alpha value is -1.21. The Balaban J connectivity index is 1.92. The van der Waals surface area contributed by atoms with Crippen LogP contribution < -0.4 is 10.6 Å². The third-order valence-corrected chi connectivity index (χ3v) is 4.68. The van der Waals surface area contributed by atoms with Crippen LogP contribution in [0.25, 0.3) is 0 Å². The second-order valence-electron chi connectivity index (χ2n) is 5.47. The van der Waals surface area contributed by atoms with Gasteiger partial charge in [-0.1, -0.05) is 25.2 Å². The molecule has 2 rings (SSSR count). The molecule has 0 aliphatic heterocycles. The molecule has 1 saturated carbocycles. The largest absolute Gasteiger partial charge is 0.378 e. The third kappa shape index (κ3) is 2.93. The van der Waals surface area contributed by atoms with E-state index in [9.17, 15) is 4.79 Å². The van der Waals surface area contributed by atoms with Gasteiger partial charge in [-0.25, -0.2) is 0 Å². The van der Waals surface area contributed by atoms with Gasteiger partial charge in [0.1, 0.15) is 0 Å². The van der Waals surface area contributed by atoms with Gasteiger partial charge in [0.25, 0.3) is 5.91 Å². The van der Waals surface area contributed by atoms with Crippen LogP contribution in [-0.4, -0.2) is 41.4 Å². The van der Waals surface area contributed by atoms with E-state index in [0.717, 1.165) is 13.0 Å². The van der Waals surface area contributed by atoms with E-state index in [-0.39, 0.29) is 23.5 Å². The van der Waals surface area contributed by atoms with Crippen molar-refractivity contribution in [2.45, 2.75) is 46.3 Å². The number of nitrogens with zero attached hydrogens (tertiary/aromatic N) is 2. The summed E-state index contributed by atoms with van der Waals surface area (Å²) in [5.74, 6) is -0.153. The molecular formula is C13H22N4O2S. The average molecular weight is 298 g/mol. The van der Waals surface area contributed by atoms with Crippen molar-refractivity contribution < 1.29 is 9.53 Å². The molecule has 1 aromatic heterocycles. The topological polar surface area (TPSA) is 76.1 Å². The summed E-state index contributed by atoms with van der Waals surface area (Å²) in [5.41, 5.74) is -0.0408. The molecule has 7 heteroatoms. The first-order valence-corrected chi connectivity index (χ1v) is 7.80. The van der Waals surface area contributed by atoms with E-state index in [1.54, 1.807) is 0 Å². The highest BCUT2D eigenvalue weighted by Gasteiger charge is 2.49. The number of aromatic nitrogens is 2. The lowest BCUT2D eigenvalue weighted by atomic mass is 9.64. The molecule has 1 aliphatic rings. The molecule has 1 aliphatic carbocycles. The maximum absolute atomic E-state index is 12.1. The molecule has 20 heavy (non-hydrogen) atoms. The number of rotatable bonds is 6. The second kappa shape index (κ2) is 6.05. The number of amides is 1. The molecule has 0 radical (unpaired) electrons. The first kappa shape index (κ1) is 15.2. The van der Waals surface area contributed by atoms with Crippen molar-refractivity contribution in [3.63, 3.8) is 0 Å². The highest BCUT2D eigenvalue weighted by Crippen LogP contribution is 2.42. The van der Waals surface area contributed by atoms with Crippen molar-refractivity contribution in [1.29, 1.82) is 0 Å². The number of nitrogens with one attached hydrogen (secondary N) is 2. The van der Waals surface area contributed by atoms with E-state index in [1.807, 2.05) is 13.8 Å². The van der Waals surface area contributed by atoms with Crippen molar-refractivity contribution in [3.8, 4) is 0 Å². The molecule has 1 heterocycles. The van der Waals surface area contributed by atoms with Crippen molar-refractivity contribution in [2.75, 3.05) is 18.5 Å². The molecule has 0 bridgehead atoms. The molecule has 1 amide bonds. The Morgan fingerprint density at radius 3 is 2.80 bits per heavy atom. The maximum atomic E-state index is 12.1. The van der Waals surface area contributed by atoms with Crippen molar-refractivity contribution in [2.24, 2.45) is 5.41 Å². The van der Waals surface area contributed by atoms with Crippen LogP contribution in [0.1, 0.15) is 43.9 Å². The van der Waals surface area contributed by atoms with Crippen LogP contribution in [0.2, 0.25) is 0 Å². The van der Waals surface area contributed by atoms with Crippen LogP contribution in [0.4, 0.5) is 5.13 Å². The van der Waals surface area contributed by atoms with Gasteiger partial charge < -0.3 is 15.4 Å². The summed E-state index contributed by atoms with van der Waals surface area (Å²) < 4.78 is 5.66.